The number of nitro groups is 1. The fourth-order valence-electron chi connectivity index (χ4n) is 2.84. The molecule has 0 radical (unpaired) electrons. The third-order valence-electron chi connectivity index (χ3n) is 4.34. The number of non-ortho nitro benzene ring substituents is 1. The van der Waals surface area contributed by atoms with Crippen LogP contribution in [0.15, 0.2) is 41.3 Å². The van der Waals surface area contributed by atoms with Crippen molar-refractivity contribution in [3.05, 3.63) is 68.8 Å². The Morgan fingerprint density at radius 2 is 1.61 bits per heavy atom. The maximum atomic E-state index is 13.2. The fraction of sp³-hybridized carbons (Fsp3) is 0.294. The van der Waals surface area contributed by atoms with Crippen LogP contribution in [0.2, 0.25) is 0 Å². The first-order valence-corrected chi connectivity index (χ1v) is 9.81. The molecule has 0 aliphatic heterocycles. The monoisotopic (exact) mass is 471 g/mol. The largest absolute Gasteiger partial charge is 0.417 e. The summed E-state index contributed by atoms with van der Waals surface area (Å²) in [5, 5.41) is 11.0. The average molecular weight is 471 g/mol. The molecule has 0 aliphatic rings. The van der Waals surface area contributed by atoms with E-state index in [-0.39, 0.29) is 23.3 Å². The topological polar surface area (TPSA) is 115 Å². The molecular formula is C17H15F6N3O4S. The molecule has 0 aliphatic carbocycles. The number of nitrogens with two attached hydrogens (primary N) is 1. The van der Waals surface area contributed by atoms with Crippen LogP contribution in [0.1, 0.15) is 28.3 Å². The van der Waals surface area contributed by atoms with Crippen molar-refractivity contribution in [2.24, 2.45) is 5.73 Å². The van der Waals surface area contributed by atoms with Gasteiger partial charge in [0.2, 0.25) is 10.0 Å². The van der Waals surface area contributed by atoms with E-state index < -0.39 is 61.5 Å². The van der Waals surface area contributed by atoms with Crippen molar-refractivity contribution in [2.75, 3.05) is 7.05 Å². The lowest BCUT2D eigenvalue weighted by Crippen LogP contribution is -2.23. The third kappa shape index (κ3) is 5.51. The summed E-state index contributed by atoms with van der Waals surface area (Å²) in [6.45, 7) is 0. The molecule has 14 heteroatoms. The van der Waals surface area contributed by atoms with Gasteiger partial charge in [-0.2, -0.15) is 26.3 Å². The SMILES string of the molecule is CNS(=O)(=O)c1ccc([N+](=O)[O-])cc1C[C@H](N)c1ccc(C(F)(F)F)c(C(F)(F)F)c1. The molecule has 0 bridgehead atoms. The van der Waals surface area contributed by atoms with Gasteiger partial charge in [-0.05, 0) is 42.8 Å². The number of hydrogen-bond donors (Lipinski definition) is 2. The highest BCUT2D eigenvalue weighted by Crippen LogP contribution is 2.41. The normalized spacial score (nSPS) is 13.8. The Hall–Kier alpha value is -2.71. The highest BCUT2D eigenvalue weighted by molar-refractivity contribution is 7.89. The molecule has 0 saturated carbocycles. The van der Waals surface area contributed by atoms with E-state index in [2.05, 4.69) is 0 Å². The van der Waals surface area contributed by atoms with Gasteiger partial charge in [0.05, 0.1) is 20.9 Å². The molecule has 0 unspecified atom stereocenters. The molecule has 3 N–H and O–H groups in total. The Labute approximate surface area is 172 Å². The minimum absolute atomic E-state index is 0.190. The van der Waals surface area contributed by atoms with Crippen molar-refractivity contribution in [1.82, 2.24) is 4.72 Å². The minimum atomic E-state index is -5.33. The lowest BCUT2D eigenvalue weighted by molar-refractivity contribution is -0.385. The molecule has 2 aromatic rings. The molecule has 7 nitrogen and oxygen atoms in total. The highest BCUT2D eigenvalue weighted by Gasteiger charge is 2.43. The maximum absolute atomic E-state index is 13.2. The highest BCUT2D eigenvalue weighted by atomic mass is 32.2. The summed E-state index contributed by atoms with van der Waals surface area (Å²) in [4.78, 5) is 9.79. The summed E-state index contributed by atoms with van der Waals surface area (Å²) < 4.78 is 105. The van der Waals surface area contributed by atoms with Gasteiger partial charge in [0, 0.05) is 18.2 Å². The van der Waals surface area contributed by atoms with E-state index in [0.29, 0.717) is 0 Å². The number of rotatable bonds is 6. The van der Waals surface area contributed by atoms with E-state index in [9.17, 15) is 44.9 Å². The second-order valence-corrected chi connectivity index (χ2v) is 8.22. The van der Waals surface area contributed by atoms with Crippen molar-refractivity contribution >= 4 is 15.7 Å². The Morgan fingerprint density at radius 3 is 2.10 bits per heavy atom. The molecule has 0 spiro atoms. The first-order chi connectivity index (χ1) is 14.1. The first kappa shape index (κ1) is 24.6. The predicted octanol–water partition coefficient (Wildman–Crippen LogP) is 3.78. The quantitative estimate of drug-likeness (QED) is 0.378. The van der Waals surface area contributed by atoms with Crippen LogP contribution in [-0.4, -0.2) is 20.4 Å². The van der Waals surface area contributed by atoms with Gasteiger partial charge < -0.3 is 5.73 Å². The Kier molecular flexibility index (Phi) is 6.68. The lowest BCUT2D eigenvalue weighted by Gasteiger charge is -2.20. The zero-order valence-electron chi connectivity index (χ0n) is 15.6. The van der Waals surface area contributed by atoms with E-state index >= 15 is 0 Å². The number of nitro benzene ring substituents is 1. The molecule has 1 atom stereocenters. The molecule has 170 valence electrons. The Balaban J connectivity index is 2.56. The zero-order valence-corrected chi connectivity index (χ0v) is 16.4. The van der Waals surface area contributed by atoms with Crippen LogP contribution in [0, 0.1) is 10.1 Å². The molecule has 2 aromatic carbocycles. The molecule has 0 saturated heterocycles. The Bertz CT molecular complexity index is 1100. The van der Waals surface area contributed by atoms with Crippen LogP contribution in [0.25, 0.3) is 0 Å². The van der Waals surface area contributed by atoms with E-state index in [1.165, 1.54) is 0 Å². The van der Waals surface area contributed by atoms with Crippen molar-refractivity contribution in [2.45, 2.75) is 29.7 Å². The van der Waals surface area contributed by atoms with Gasteiger partial charge in [0.1, 0.15) is 0 Å². The van der Waals surface area contributed by atoms with Crippen LogP contribution in [-0.2, 0) is 28.8 Å². The number of nitrogens with one attached hydrogen (secondary N) is 1. The van der Waals surface area contributed by atoms with Crippen molar-refractivity contribution < 1.29 is 39.7 Å². The summed E-state index contributed by atoms with van der Waals surface area (Å²) in [6.07, 6.45) is -11.1. The Morgan fingerprint density at radius 1 is 1.03 bits per heavy atom. The first-order valence-electron chi connectivity index (χ1n) is 8.32. The van der Waals surface area contributed by atoms with E-state index in [1.807, 2.05) is 4.72 Å². The van der Waals surface area contributed by atoms with Gasteiger partial charge in [0.25, 0.3) is 5.69 Å². The summed E-state index contributed by atoms with van der Waals surface area (Å²) in [5.74, 6) is 0. The van der Waals surface area contributed by atoms with Gasteiger partial charge in [-0.25, -0.2) is 13.1 Å². The maximum Gasteiger partial charge on any atom is 0.417 e. The number of hydrogen-bond acceptors (Lipinski definition) is 5. The van der Waals surface area contributed by atoms with Crippen molar-refractivity contribution in [3.8, 4) is 0 Å². The van der Waals surface area contributed by atoms with E-state index in [1.54, 1.807) is 0 Å². The van der Waals surface area contributed by atoms with Crippen molar-refractivity contribution in [3.63, 3.8) is 0 Å². The summed E-state index contributed by atoms with van der Waals surface area (Å²) in [6, 6.07) is 2.55. The van der Waals surface area contributed by atoms with Gasteiger partial charge >= 0.3 is 12.4 Å². The fourth-order valence-corrected chi connectivity index (χ4v) is 3.79. The summed E-state index contributed by atoms with van der Waals surface area (Å²) in [5.41, 5.74) is 0.946. The van der Waals surface area contributed by atoms with Gasteiger partial charge in [-0.3, -0.25) is 10.1 Å². The van der Waals surface area contributed by atoms with E-state index in [0.717, 1.165) is 31.3 Å². The van der Waals surface area contributed by atoms with Crippen LogP contribution in [0.4, 0.5) is 32.0 Å². The van der Waals surface area contributed by atoms with Gasteiger partial charge in [-0.1, -0.05) is 6.07 Å². The smallest absolute Gasteiger partial charge is 0.324 e. The number of alkyl halides is 6. The number of halogens is 6. The average Bonchev–Trinajstić information content (AvgIpc) is 2.65. The predicted molar refractivity (Wildman–Crippen MR) is 96.4 cm³/mol. The molecule has 0 amide bonds. The van der Waals surface area contributed by atoms with Gasteiger partial charge in [0.15, 0.2) is 0 Å². The number of nitrogens with zero attached hydrogens (tertiary/aromatic N) is 1. The summed E-state index contributed by atoms with van der Waals surface area (Å²) >= 11 is 0. The third-order valence-corrected chi connectivity index (χ3v) is 5.85. The van der Waals surface area contributed by atoms with Crippen molar-refractivity contribution in [1.29, 1.82) is 0 Å². The van der Waals surface area contributed by atoms with E-state index in [4.69, 9.17) is 5.73 Å². The second kappa shape index (κ2) is 8.43. The minimum Gasteiger partial charge on any atom is -0.324 e. The zero-order chi connectivity index (χ0) is 23.8. The number of sulfonamides is 1. The molecule has 0 aromatic heterocycles. The molecule has 2 rings (SSSR count). The van der Waals surface area contributed by atoms with Gasteiger partial charge in [-0.15, -0.1) is 0 Å². The molecule has 0 fully saturated rings. The van der Waals surface area contributed by atoms with Crippen LogP contribution < -0.4 is 10.5 Å². The lowest BCUT2D eigenvalue weighted by atomic mass is 9.95. The standard InChI is InChI=1S/C17H15F6N3O4S/c1-25-31(29,30)15-5-3-11(26(27)28)6-10(15)8-14(24)9-2-4-12(16(18,19)20)13(7-9)17(21,22)23/h2-7,14,25H,8,24H2,1H3/t14-/m0/s1. The van der Waals surface area contributed by atoms with Crippen LogP contribution >= 0.6 is 0 Å². The molecule has 0 heterocycles. The second-order valence-electron chi connectivity index (χ2n) is 6.37. The summed E-state index contributed by atoms with van der Waals surface area (Å²) in [7, 11) is -3.04. The van der Waals surface area contributed by atoms with Crippen LogP contribution in [0.5, 0.6) is 0 Å². The molecular weight excluding hydrogens is 456 g/mol. The van der Waals surface area contributed by atoms with Crippen LogP contribution in [0.3, 0.4) is 0 Å². The number of benzene rings is 2. The molecule has 31 heavy (non-hydrogen) atoms.